The maximum atomic E-state index is 5.37. The topological polar surface area (TPSA) is 67.8 Å². The summed E-state index contributed by atoms with van der Waals surface area (Å²) in [5.41, 5.74) is 15.3. The van der Waals surface area contributed by atoms with Crippen LogP contribution in [0, 0.1) is 0 Å². The molecule has 5 aliphatic rings. The van der Waals surface area contributed by atoms with E-state index in [0.29, 0.717) is 0 Å². The molecule has 1 N–H and O–H groups in total. The Labute approximate surface area is 302 Å². The van der Waals surface area contributed by atoms with Crippen LogP contribution in [-0.2, 0) is 21.1 Å². The Hall–Kier alpha value is -6.80. The molecular weight excluding hydrogens is 641 g/mol. The van der Waals surface area contributed by atoms with E-state index < -0.39 is 0 Å². The molecule has 8 heteroatoms. The average molecular weight is 678 g/mol. The number of nitrogens with one attached hydrogen (secondary N) is 1. The number of nitrogens with zero attached hydrogens (tertiary/aromatic N) is 7. The summed E-state index contributed by atoms with van der Waals surface area (Å²) in [5, 5.41) is 0. The maximum absolute atomic E-state index is 5.37. The molecule has 0 radical (unpaired) electrons. The monoisotopic (exact) mass is 677 g/mol. The largest absolute Gasteiger partial charge is 0.357 e. The summed E-state index contributed by atoms with van der Waals surface area (Å²) in [4.78, 5) is 22.0. The highest BCUT2D eigenvalue weighted by Gasteiger charge is 2.27. The fourth-order valence-corrected chi connectivity index (χ4v) is 7.02. The molecule has 0 saturated carbocycles. The van der Waals surface area contributed by atoms with Crippen LogP contribution < -0.4 is 13.7 Å². The first-order valence-corrected chi connectivity index (χ1v) is 17.3. The molecule has 5 aliphatic heterocycles. The molecular formula is C44H37N8+3. The number of aryl methyl sites for hydroxylation is 3. The summed E-state index contributed by atoms with van der Waals surface area (Å²) >= 11 is 0. The zero-order chi connectivity index (χ0) is 35.3. The van der Waals surface area contributed by atoms with Crippen LogP contribution in [0.25, 0.3) is 22.3 Å². The Bertz CT molecular complexity index is 2540. The van der Waals surface area contributed by atoms with E-state index in [2.05, 4.69) is 152 Å². The first kappa shape index (κ1) is 31.2. The minimum Gasteiger partial charge on any atom is -0.357 e. The normalized spacial score (nSPS) is 17.6. The molecule has 0 unspecified atom stereocenters. The summed E-state index contributed by atoms with van der Waals surface area (Å²) in [6.45, 7) is 0. The van der Waals surface area contributed by atoms with Crippen LogP contribution in [0.3, 0.4) is 0 Å². The van der Waals surface area contributed by atoms with Crippen molar-refractivity contribution in [1.29, 1.82) is 0 Å². The van der Waals surface area contributed by atoms with E-state index in [1.807, 2.05) is 46.8 Å². The fourth-order valence-electron chi connectivity index (χ4n) is 7.02. The van der Waals surface area contributed by atoms with Crippen LogP contribution >= 0.6 is 0 Å². The number of fused-ring (bicyclic) bond motifs is 5. The molecule has 9 heterocycles. The van der Waals surface area contributed by atoms with Gasteiger partial charge in [-0.15, -0.1) is 0 Å². The van der Waals surface area contributed by atoms with Crippen LogP contribution in [0.15, 0.2) is 184 Å². The van der Waals surface area contributed by atoms with Gasteiger partial charge in [-0.05, 0) is 83.0 Å². The Balaban J connectivity index is 1.36. The third-order valence-electron chi connectivity index (χ3n) is 9.75. The van der Waals surface area contributed by atoms with Crippen molar-refractivity contribution < 1.29 is 13.7 Å². The third-order valence-corrected chi connectivity index (χ3v) is 9.75. The van der Waals surface area contributed by atoms with Crippen molar-refractivity contribution in [2.24, 2.45) is 36.1 Å². The lowest BCUT2D eigenvalue weighted by molar-refractivity contribution is -0.671. The molecule has 0 amide bonds. The molecule has 0 saturated heterocycles. The van der Waals surface area contributed by atoms with Gasteiger partial charge in [0.25, 0.3) is 0 Å². The molecule has 52 heavy (non-hydrogen) atoms. The first-order chi connectivity index (χ1) is 25.4. The summed E-state index contributed by atoms with van der Waals surface area (Å²) in [6.07, 6.45) is 33.5. The molecule has 0 spiro atoms. The van der Waals surface area contributed by atoms with Crippen molar-refractivity contribution >= 4 is 39.4 Å². The van der Waals surface area contributed by atoms with Crippen LogP contribution in [0.2, 0.25) is 0 Å². The molecule has 0 atom stereocenters. The van der Waals surface area contributed by atoms with Gasteiger partial charge in [0, 0.05) is 89.5 Å². The number of allylic oxidation sites excluding steroid dienone is 12. The van der Waals surface area contributed by atoms with Gasteiger partial charge in [-0.1, -0.05) is 0 Å². The molecule has 250 valence electrons. The van der Waals surface area contributed by atoms with Gasteiger partial charge >= 0.3 is 0 Å². The van der Waals surface area contributed by atoms with E-state index in [0.717, 1.165) is 90.2 Å². The van der Waals surface area contributed by atoms with Gasteiger partial charge in [0.15, 0.2) is 37.2 Å². The Morgan fingerprint density at radius 2 is 0.808 bits per heavy atom. The van der Waals surface area contributed by atoms with Crippen molar-refractivity contribution in [2.45, 2.75) is 0 Å². The number of aliphatic imine (C=N–C) groups is 3. The van der Waals surface area contributed by atoms with E-state index in [-0.39, 0.29) is 0 Å². The smallest absolute Gasteiger partial charge is 0.169 e. The number of rotatable bonds is 3. The number of aromatic amines is 1. The standard InChI is InChI=1S/C44H37N8/c1-49-21-13-29(14-22-49)41-33-5-7-35(45-33)42(30-15-23-50(2)24-16-30)37-9-11-39(47-37)44(32-19-27-52(4)28-20-32)40-12-10-38(48-40)43(36-8-6-34(41)46-36)31-17-25-51(3)26-18-31/h5-28,45H,1-4H3/q+3. The lowest BCUT2D eigenvalue weighted by Crippen LogP contribution is -2.26. The molecule has 0 fully saturated rings. The summed E-state index contributed by atoms with van der Waals surface area (Å²) < 4.78 is 6.13. The molecule has 8 bridgehead atoms. The van der Waals surface area contributed by atoms with Gasteiger partial charge in [-0.2, -0.15) is 0 Å². The van der Waals surface area contributed by atoms with Crippen LogP contribution in [0.1, 0.15) is 28.1 Å². The van der Waals surface area contributed by atoms with E-state index in [4.69, 9.17) is 15.0 Å². The van der Waals surface area contributed by atoms with E-state index in [9.17, 15) is 0 Å². The van der Waals surface area contributed by atoms with Crippen LogP contribution in [-0.4, -0.2) is 34.1 Å². The Morgan fingerprint density at radius 3 is 1.25 bits per heavy atom. The lowest BCUT2D eigenvalue weighted by atomic mass is 9.99. The van der Waals surface area contributed by atoms with Gasteiger partial charge < -0.3 is 9.88 Å². The van der Waals surface area contributed by atoms with Crippen LogP contribution in [0.5, 0.6) is 0 Å². The summed E-state index contributed by atoms with van der Waals surface area (Å²) in [5.74, 6) is 0. The summed E-state index contributed by atoms with van der Waals surface area (Å²) in [6, 6.07) is 17.1. The zero-order valence-electron chi connectivity index (χ0n) is 29.5. The predicted octanol–water partition coefficient (Wildman–Crippen LogP) is 5.84. The van der Waals surface area contributed by atoms with E-state index >= 15 is 0 Å². The minimum atomic E-state index is 0.853. The highest BCUT2D eigenvalue weighted by atomic mass is 15.0. The zero-order valence-corrected chi connectivity index (χ0v) is 29.5. The van der Waals surface area contributed by atoms with Gasteiger partial charge in [0.2, 0.25) is 0 Å². The molecule has 9 rings (SSSR count). The number of hydrogen-bond acceptors (Lipinski definition) is 4. The number of aromatic nitrogens is 4. The Morgan fingerprint density at radius 1 is 0.442 bits per heavy atom. The van der Waals surface area contributed by atoms with Crippen molar-refractivity contribution in [1.82, 2.24) is 9.88 Å². The van der Waals surface area contributed by atoms with E-state index in [1.54, 1.807) is 0 Å². The third kappa shape index (κ3) is 5.60. The van der Waals surface area contributed by atoms with Crippen LogP contribution in [0.4, 0.5) is 0 Å². The quantitative estimate of drug-likeness (QED) is 0.272. The van der Waals surface area contributed by atoms with Crippen molar-refractivity contribution in [2.75, 3.05) is 7.05 Å². The number of H-pyrrole nitrogens is 1. The molecule has 0 aromatic carbocycles. The highest BCUT2D eigenvalue weighted by Crippen LogP contribution is 2.38. The molecule has 4 aromatic heterocycles. The second-order valence-electron chi connectivity index (χ2n) is 13.4. The highest BCUT2D eigenvalue weighted by molar-refractivity contribution is 6.37. The molecule has 8 nitrogen and oxygen atoms in total. The van der Waals surface area contributed by atoms with Gasteiger partial charge in [0.05, 0.1) is 34.2 Å². The maximum Gasteiger partial charge on any atom is 0.169 e. The fraction of sp³-hybridized carbons (Fsp3) is 0.0909. The first-order valence-electron chi connectivity index (χ1n) is 17.3. The van der Waals surface area contributed by atoms with Gasteiger partial charge in [-0.3, -0.25) is 0 Å². The molecule has 4 aromatic rings. The van der Waals surface area contributed by atoms with Gasteiger partial charge in [0.1, 0.15) is 21.1 Å². The second-order valence-corrected chi connectivity index (χ2v) is 13.4. The SMILES string of the molecule is CN1C=CC(=C2C3=NC(=C(c4cc[n+](C)cc4)C4=NC(=C(c5cc[n+](C)cc5)C5=NC(=C(c6cc[n+](C)cc6)c6ccc2[nH]6)C=C5)C=C4)C=C3)C=C1. The minimum absolute atomic E-state index is 0.853. The molecule has 0 aliphatic carbocycles. The van der Waals surface area contributed by atoms with Gasteiger partial charge in [-0.25, -0.2) is 28.7 Å². The predicted molar refractivity (Wildman–Crippen MR) is 206 cm³/mol. The number of hydrogen-bond donors (Lipinski definition) is 1. The van der Waals surface area contributed by atoms with E-state index in [1.165, 1.54) is 0 Å². The Kier molecular flexibility index (Phi) is 7.51. The van der Waals surface area contributed by atoms with Crippen molar-refractivity contribution in [3.8, 4) is 0 Å². The van der Waals surface area contributed by atoms with Crippen molar-refractivity contribution in [3.63, 3.8) is 0 Å². The lowest BCUT2D eigenvalue weighted by Gasteiger charge is -2.16. The average Bonchev–Trinajstić information content (AvgIpc) is 3.99. The summed E-state index contributed by atoms with van der Waals surface area (Å²) in [7, 11) is 8.12. The number of pyridine rings is 3. The van der Waals surface area contributed by atoms with Crippen molar-refractivity contribution in [3.05, 3.63) is 197 Å². The second kappa shape index (κ2) is 12.5.